The average Bonchev–Trinajstić information content (AvgIpc) is 2.72. The molecule has 2 aliphatic heterocycles. The zero-order valence-electron chi connectivity index (χ0n) is 8.85. The maximum absolute atomic E-state index is 11.0. The molecule has 2 rings (SSSR count). The molecule has 6 heteroatoms. The number of unbranched alkanes of at least 4 members (excludes halogenated alkanes) is 1. The minimum Gasteiger partial charge on any atom is -0.481 e. The number of aliphatic carboxylic acids is 1. The van der Waals surface area contributed by atoms with Crippen LogP contribution >= 0.6 is 11.8 Å². The SMILES string of the molecule is O=C(O)CCCC[C@@H]1SC[C@@H]2NC(=O)O[C@@H]21. The standard InChI is InChI=1S/C10H15NO4S/c12-8(13)4-2-1-3-7-9-6(5-16-7)11-10(14)15-9/h6-7,9H,1-5H2,(H,11,14)(H,12,13)/t6-,7-,9-/m0/s1. The summed E-state index contributed by atoms with van der Waals surface area (Å²) in [7, 11) is 0. The van der Waals surface area contributed by atoms with Crippen molar-refractivity contribution in [3.8, 4) is 0 Å². The fourth-order valence-electron chi connectivity index (χ4n) is 2.14. The number of rotatable bonds is 5. The van der Waals surface area contributed by atoms with Crippen molar-refractivity contribution in [3.63, 3.8) is 0 Å². The summed E-state index contributed by atoms with van der Waals surface area (Å²) in [6.45, 7) is 0. The molecule has 0 saturated carbocycles. The molecule has 2 saturated heterocycles. The van der Waals surface area contributed by atoms with E-state index in [4.69, 9.17) is 9.84 Å². The van der Waals surface area contributed by atoms with E-state index in [1.165, 1.54) is 0 Å². The highest BCUT2D eigenvalue weighted by molar-refractivity contribution is 8.00. The molecule has 0 aromatic carbocycles. The van der Waals surface area contributed by atoms with Gasteiger partial charge in [0.1, 0.15) is 6.10 Å². The Morgan fingerprint density at radius 2 is 2.38 bits per heavy atom. The first-order chi connectivity index (χ1) is 7.66. The lowest BCUT2D eigenvalue weighted by atomic mass is 10.0. The van der Waals surface area contributed by atoms with E-state index < -0.39 is 5.97 Å². The number of ether oxygens (including phenoxy) is 1. The second kappa shape index (κ2) is 4.95. The van der Waals surface area contributed by atoms with Crippen LogP contribution < -0.4 is 5.32 Å². The highest BCUT2D eigenvalue weighted by atomic mass is 32.2. The molecule has 2 fully saturated rings. The minimum atomic E-state index is -0.745. The van der Waals surface area contributed by atoms with Crippen molar-refractivity contribution in [3.05, 3.63) is 0 Å². The molecule has 0 aromatic heterocycles. The van der Waals surface area contributed by atoms with Crippen molar-refractivity contribution < 1.29 is 19.4 Å². The van der Waals surface area contributed by atoms with E-state index in [1.54, 1.807) is 0 Å². The third-order valence-electron chi connectivity index (χ3n) is 2.93. The first kappa shape index (κ1) is 11.6. The van der Waals surface area contributed by atoms with Gasteiger partial charge in [-0.15, -0.1) is 0 Å². The Balaban J connectivity index is 1.70. The van der Waals surface area contributed by atoms with E-state index in [-0.39, 0.29) is 24.7 Å². The van der Waals surface area contributed by atoms with Crippen molar-refractivity contribution in [2.24, 2.45) is 0 Å². The Bertz CT molecular complexity index is 297. The van der Waals surface area contributed by atoms with Gasteiger partial charge < -0.3 is 15.2 Å². The van der Waals surface area contributed by atoms with Crippen LogP contribution in [-0.4, -0.2) is 40.3 Å². The van der Waals surface area contributed by atoms with Crippen molar-refractivity contribution in [2.45, 2.75) is 43.1 Å². The third-order valence-corrected chi connectivity index (χ3v) is 4.41. The Morgan fingerprint density at radius 3 is 3.12 bits per heavy atom. The molecule has 0 unspecified atom stereocenters. The molecule has 1 amide bonds. The number of thioether (sulfide) groups is 1. The molecule has 5 nitrogen and oxygen atoms in total. The summed E-state index contributed by atoms with van der Waals surface area (Å²) in [5.74, 6) is 0.158. The second-order valence-corrected chi connectivity index (χ2v) is 5.40. The van der Waals surface area contributed by atoms with Gasteiger partial charge in [0.2, 0.25) is 0 Å². The number of fused-ring (bicyclic) bond motifs is 1. The highest BCUT2D eigenvalue weighted by Gasteiger charge is 2.44. The van der Waals surface area contributed by atoms with Gasteiger partial charge in [-0.2, -0.15) is 11.8 Å². The molecule has 2 heterocycles. The van der Waals surface area contributed by atoms with Gasteiger partial charge in [-0.05, 0) is 12.8 Å². The van der Waals surface area contributed by atoms with Crippen LogP contribution in [0.15, 0.2) is 0 Å². The number of hydrogen-bond donors (Lipinski definition) is 2. The van der Waals surface area contributed by atoms with Gasteiger partial charge in [-0.3, -0.25) is 4.79 Å². The van der Waals surface area contributed by atoms with Crippen molar-refractivity contribution >= 4 is 23.8 Å². The third kappa shape index (κ3) is 2.61. The summed E-state index contributed by atoms with van der Waals surface area (Å²) in [6, 6.07) is 0.155. The summed E-state index contributed by atoms with van der Waals surface area (Å²) in [4.78, 5) is 21.3. The largest absolute Gasteiger partial charge is 0.481 e. The fourth-order valence-corrected chi connectivity index (χ4v) is 3.63. The summed E-state index contributed by atoms with van der Waals surface area (Å²) in [5, 5.41) is 11.6. The molecule has 16 heavy (non-hydrogen) atoms. The van der Waals surface area contributed by atoms with Crippen LogP contribution in [-0.2, 0) is 9.53 Å². The van der Waals surface area contributed by atoms with Gasteiger partial charge in [0.15, 0.2) is 0 Å². The molecule has 0 aromatic rings. The fraction of sp³-hybridized carbons (Fsp3) is 0.800. The topological polar surface area (TPSA) is 75.6 Å². The maximum Gasteiger partial charge on any atom is 0.407 e. The van der Waals surface area contributed by atoms with Crippen LogP contribution in [0.25, 0.3) is 0 Å². The number of carboxylic acid groups (broad SMARTS) is 1. The number of carbonyl (C=O) groups excluding carboxylic acids is 1. The van der Waals surface area contributed by atoms with Crippen LogP contribution in [0.1, 0.15) is 25.7 Å². The minimum absolute atomic E-state index is 0.0117. The van der Waals surface area contributed by atoms with Gasteiger partial charge in [0.05, 0.1) is 6.04 Å². The summed E-state index contributed by atoms with van der Waals surface area (Å²) in [6.07, 6.45) is 2.40. The summed E-state index contributed by atoms with van der Waals surface area (Å²) in [5.41, 5.74) is 0. The van der Waals surface area contributed by atoms with Gasteiger partial charge in [0, 0.05) is 17.4 Å². The van der Waals surface area contributed by atoms with Crippen LogP contribution in [0.4, 0.5) is 4.79 Å². The maximum atomic E-state index is 11.0. The molecule has 0 spiro atoms. The Kier molecular flexibility index (Phi) is 3.58. The average molecular weight is 245 g/mol. The first-order valence-electron chi connectivity index (χ1n) is 5.47. The molecular weight excluding hydrogens is 230 g/mol. The van der Waals surface area contributed by atoms with Crippen LogP contribution in [0.3, 0.4) is 0 Å². The number of nitrogens with one attached hydrogen (secondary N) is 1. The number of carboxylic acids is 1. The lowest BCUT2D eigenvalue weighted by molar-refractivity contribution is -0.137. The number of alkyl carbamates (subject to hydrolysis) is 1. The monoisotopic (exact) mass is 245 g/mol. The highest BCUT2D eigenvalue weighted by Crippen LogP contribution is 2.35. The molecule has 2 N–H and O–H groups in total. The summed E-state index contributed by atoms with van der Waals surface area (Å²) >= 11 is 1.81. The molecule has 2 aliphatic rings. The Labute approximate surface area is 97.9 Å². The smallest absolute Gasteiger partial charge is 0.407 e. The molecular formula is C10H15NO4S. The van der Waals surface area contributed by atoms with E-state index in [0.717, 1.165) is 18.6 Å². The zero-order valence-corrected chi connectivity index (χ0v) is 9.66. The normalized spacial score (nSPS) is 32.0. The predicted octanol–water partition coefficient (Wildman–Crippen LogP) is 1.22. The van der Waals surface area contributed by atoms with Crippen molar-refractivity contribution in [1.29, 1.82) is 0 Å². The summed E-state index contributed by atoms with van der Waals surface area (Å²) < 4.78 is 5.19. The van der Waals surface area contributed by atoms with Crippen LogP contribution in [0, 0.1) is 0 Å². The Hall–Kier alpha value is -0.910. The van der Waals surface area contributed by atoms with E-state index >= 15 is 0 Å². The van der Waals surface area contributed by atoms with Gasteiger partial charge in [-0.1, -0.05) is 6.42 Å². The van der Waals surface area contributed by atoms with E-state index in [2.05, 4.69) is 5.32 Å². The quantitative estimate of drug-likeness (QED) is 0.712. The lowest BCUT2D eigenvalue weighted by Crippen LogP contribution is -2.32. The molecule has 0 radical (unpaired) electrons. The number of carbonyl (C=O) groups is 2. The van der Waals surface area contributed by atoms with Gasteiger partial charge >= 0.3 is 12.1 Å². The van der Waals surface area contributed by atoms with Gasteiger partial charge in [-0.25, -0.2) is 4.79 Å². The van der Waals surface area contributed by atoms with Gasteiger partial charge in [0.25, 0.3) is 0 Å². The molecule has 90 valence electrons. The van der Waals surface area contributed by atoms with Crippen LogP contribution in [0.2, 0.25) is 0 Å². The molecule has 3 atom stereocenters. The Morgan fingerprint density at radius 1 is 1.56 bits per heavy atom. The predicted molar refractivity (Wildman–Crippen MR) is 59.5 cm³/mol. The van der Waals surface area contributed by atoms with E-state index in [0.29, 0.717) is 11.7 Å². The number of hydrogen-bond acceptors (Lipinski definition) is 4. The zero-order chi connectivity index (χ0) is 11.5. The van der Waals surface area contributed by atoms with E-state index in [1.807, 2.05) is 11.8 Å². The first-order valence-corrected chi connectivity index (χ1v) is 6.52. The van der Waals surface area contributed by atoms with Crippen molar-refractivity contribution in [1.82, 2.24) is 5.32 Å². The second-order valence-electron chi connectivity index (χ2n) is 4.13. The number of amides is 1. The lowest BCUT2D eigenvalue weighted by Gasteiger charge is -2.14. The van der Waals surface area contributed by atoms with E-state index in [9.17, 15) is 9.59 Å². The molecule has 0 aliphatic carbocycles. The van der Waals surface area contributed by atoms with Crippen LogP contribution in [0.5, 0.6) is 0 Å². The van der Waals surface area contributed by atoms with Crippen molar-refractivity contribution in [2.75, 3.05) is 5.75 Å². The molecule has 0 bridgehead atoms.